The molecule has 0 saturated carbocycles. The number of anilines is 1. The standard InChI is InChI=1S/C12H12N2O/c1-9-12(15)6-7-14(9)11-4-2-10(8-13)3-5-11/h2-5,9H,6-7H2,1H3/t9-/m0/s1. The van der Waals surface area contributed by atoms with Crippen LogP contribution in [-0.4, -0.2) is 18.4 Å². The summed E-state index contributed by atoms with van der Waals surface area (Å²) in [5, 5.41) is 8.67. The first-order valence-electron chi connectivity index (χ1n) is 5.02. The van der Waals surface area contributed by atoms with Gasteiger partial charge in [-0.1, -0.05) is 0 Å². The summed E-state index contributed by atoms with van der Waals surface area (Å²) in [6.45, 7) is 2.71. The van der Waals surface area contributed by atoms with Crippen molar-refractivity contribution in [1.29, 1.82) is 5.26 Å². The lowest BCUT2D eigenvalue weighted by Crippen LogP contribution is -2.29. The normalized spacial score (nSPS) is 20.4. The molecule has 15 heavy (non-hydrogen) atoms. The lowest BCUT2D eigenvalue weighted by Gasteiger charge is -2.22. The van der Waals surface area contributed by atoms with Crippen molar-refractivity contribution in [1.82, 2.24) is 0 Å². The van der Waals surface area contributed by atoms with Gasteiger partial charge in [0.15, 0.2) is 5.78 Å². The predicted molar refractivity (Wildman–Crippen MR) is 57.6 cm³/mol. The molecule has 2 rings (SSSR count). The van der Waals surface area contributed by atoms with Gasteiger partial charge in [-0.2, -0.15) is 5.26 Å². The van der Waals surface area contributed by atoms with E-state index < -0.39 is 0 Å². The van der Waals surface area contributed by atoms with Crippen molar-refractivity contribution in [2.45, 2.75) is 19.4 Å². The molecule has 0 bridgehead atoms. The summed E-state index contributed by atoms with van der Waals surface area (Å²) < 4.78 is 0. The lowest BCUT2D eigenvalue weighted by molar-refractivity contribution is -0.118. The van der Waals surface area contributed by atoms with Gasteiger partial charge in [0.2, 0.25) is 0 Å². The van der Waals surface area contributed by atoms with Crippen LogP contribution in [0.5, 0.6) is 0 Å². The molecule has 0 unspecified atom stereocenters. The van der Waals surface area contributed by atoms with Crippen LogP contribution in [0.4, 0.5) is 5.69 Å². The molecule has 1 atom stereocenters. The molecule has 0 amide bonds. The van der Waals surface area contributed by atoms with Gasteiger partial charge in [0.25, 0.3) is 0 Å². The van der Waals surface area contributed by atoms with E-state index in [1.807, 2.05) is 19.1 Å². The summed E-state index contributed by atoms with van der Waals surface area (Å²) in [5.41, 5.74) is 1.67. The summed E-state index contributed by atoms with van der Waals surface area (Å²) in [5.74, 6) is 0.291. The SMILES string of the molecule is C[C@H]1C(=O)CCN1c1ccc(C#N)cc1. The molecule has 0 radical (unpaired) electrons. The molecule has 1 aliphatic rings. The van der Waals surface area contributed by atoms with Crippen LogP contribution in [0, 0.1) is 11.3 Å². The second-order valence-corrected chi connectivity index (χ2v) is 3.74. The molecule has 3 nitrogen and oxygen atoms in total. The molecular weight excluding hydrogens is 188 g/mol. The second kappa shape index (κ2) is 3.74. The maximum atomic E-state index is 11.4. The Balaban J connectivity index is 2.24. The third kappa shape index (κ3) is 1.71. The molecule has 76 valence electrons. The fourth-order valence-corrected chi connectivity index (χ4v) is 1.89. The van der Waals surface area contributed by atoms with E-state index in [0.717, 1.165) is 12.2 Å². The van der Waals surface area contributed by atoms with Crippen LogP contribution in [0.1, 0.15) is 18.9 Å². The average Bonchev–Trinajstić information content (AvgIpc) is 2.60. The molecule has 1 heterocycles. The zero-order valence-corrected chi connectivity index (χ0v) is 8.60. The Kier molecular flexibility index (Phi) is 2.42. The van der Waals surface area contributed by atoms with E-state index in [0.29, 0.717) is 17.8 Å². The van der Waals surface area contributed by atoms with Crippen molar-refractivity contribution >= 4 is 11.5 Å². The van der Waals surface area contributed by atoms with Crippen LogP contribution in [0.15, 0.2) is 24.3 Å². The average molecular weight is 200 g/mol. The molecule has 0 N–H and O–H groups in total. The number of hydrogen-bond acceptors (Lipinski definition) is 3. The summed E-state index contributed by atoms with van der Waals surface area (Å²) in [6.07, 6.45) is 0.626. The summed E-state index contributed by atoms with van der Waals surface area (Å²) in [4.78, 5) is 13.5. The Hall–Kier alpha value is -1.82. The molecular formula is C12H12N2O. The third-order valence-corrected chi connectivity index (χ3v) is 2.86. The van der Waals surface area contributed by atoms with Crippen LogP contribution in [0.3, 0.4) is 0 Å². The minimum Gasteiger partial charge on any atom is -0.361 e. The van der Waals surface area contributed by atoms with Gasteiger partial charge >= 0.3 is 0 Å². The van der Waals surface area contributed by atoms with Crippen LogP contribution >= 0.6 is 0 Å². The molecule has 1 aliphatic heterocycles. The maximum Gasteiger partial charge on any atom is 0.156 e. The zero-order chi connectivity index (χ0) is 10.8. The molecule has 1 saturated heterocycles. The Bertz CT molecular complexity index is 416. The predicted octanol–water partition coefficient (Wildman–Crippen LogP) is 1.73. The molecule has 1 aromatic carbocycles. The lowest BCUT2D eigenvalue weighted by atomic mass is 10.2. The van der Waals surface area contributed by atoms with Crippen LogP contribution in [0.2, 0.25) is 0 Å². The zero-order valence-electron chi connectivity index (χ0n) is 8.60. The quantitative estimate of drug-likeness (QED) is 0.693. The number of nitrogens with zero attached hydrogens (tertiary/aromatic N) is 2. The molecule has 3 heteroatoms. The first-order chi connectivity index (χ1) is 7.22. The van der Waals surface area contributed by atoms with Crippen LogP contribution < -0.4 is 4.90 Å². The van der Waals surface area contributed by atoms with E-state index >= 15 is 0 Å². The largest absolute Gasteiger partial charge is 0.361 e. The van der Waals surface area contributed by atoms with Gasteiger partial charge < -0.3 is 4.90 Å². The second-order valence-electron chi connectivity index (χ2n) is 3.74. The number of nitriles is 1. The van der Waals surface area contributed by atoms with E-state index in [1.165, 1.54) is 0 Å². The number of hydrogen-bond donors (Lipinski definition) is 0. The molecule has 0 aliphatic carbocycles. The minimum atomic E-state index is -0.0297. The van der Waals surface area contributed by atoms with Gasteiger partial charge in [-0.25, -0.2) is 0 Å². The number of carbonyl (C=O) groups is 1. The van der Waals surface area contributed by atoms with Crippen LogP contribution in [0.25, 0.3) is 0 Å². The molecule has 0 aromatic heterocycles. The monoisotopic (exact) mass is 200 g/mol. The first-order valence-corrected chi connectivity index (χ1v) is 5.02. The molecule has 1 aromatic rings. The third-order valence-electron chi connectivity index (χ3n) is 2.86. The Morgan fingerprint density at radius 1 is 1.40 bits per heavy atom. The summed E-state index contributed by atoms with van der Waals surface area (Å²) in [7, 11) is 0. The Morgan fingerprint density at radius 3 is 2.53 bits per heavy atom. The molecule has 0 spiro atoms. The van der Waals surface area contributed by atoms with Gasteiger partial charge in [0.1, 0.15) is 0 Å². The number of benzene rings is 1. The van der Waals surface area contributed by atoms with Crippen molar-refractivity contribution < 1.29 is 4.79 Å². The van der Waals surface area contributed by atoms with Gasteiger partial charge in [-0.05, 0) is 31.2 Å². The minimum absolute atomic E-state index is 0.0297. The van der Waals surface area contributed by atoms with E-state index in [-0.39, 0.29) is 6.04 Å². The fraction of sp³-hybridized carbons (Fsp3) is 0.333. The Labute approximate surface area is 88.9 Å². The topological polar surface area (TPSA) is 44.1 Å². The highest BCUT2D eigenvalue weighted by atomic mass is 16.1. The fourth-order valence-electron chi connectivity index (χ4n) is 1.89. The maximum absolute atomic E-state index is 11.4. The van der Waals surface area contributed by atoms with Gasteiger partial charge in [0.05, 0.1) is 17.7 Å². The highest BCUT2D eigenvalue weighted by molar-refractivity contribution is 5.90. The van der Waals surface area contributed by atoms with Gasteiger partial charge in [0, 0.05) is 18.7 Å². The summed E-state index contributed by atoms with van der Waals surface area (Å²) >= 11 is 0. The van der Waals surface area contributed by atoms with E-state index in [2.05, 4.69) is 11.0 Å². The van der Waals surface area contributed by atoms with Crippen LogP contribution in [-0.2, 0) is 4.79 Å². The van der Waals surface area contributed by atoms with Crippen molar-refractivity contribution in [2.75, 3.05) is 11.4 Å². The number of rotatable bonds is 1. The van der Waals surface area contributed by atoms with Crippen molar-refractivity contribution in [2.24, 2.45) is 0 Å². The van der Waals surface area contributed by atoms with E-state index in [1.54, 1.807) is 12.1 Å². The smallest absolute Gasteiger partial charge is 0.156 e. The highest BCUT2D eigenvalue weighted by Crippen LogP contribution is 2.23. The van der Waals surface area contributed by atoms with Crippen molar-refractivity contribution in [3.63, 3.8) is 0 Å². The van der Waals surface area contributed by atoms with Crippen molar-refractivity contribution in [3.8, 4) is 6.07 Å². The van der Waals surface area contributed by atoms with E-state index in [9.17, 15) is 4.79 Å². The van der Waals surface area contributed by atoms with Gasteiger partial charge in [-0.3, -0.25) is 4.79 Å². The first kappa shape index (κ1) is 9.72. The Morgan fingerprint density at radius 2 is 2.07 bits per heavy atom. The summed E-state index contributed by atoms with van der Waals surface area (Å²) in [6, 6.07) is 9.41. The number of Topliss-reactive ketones (excluding diaryl/α,β-unsaturated/α-hetero) is 1. The van der Waals surface area contributed by atoms with Crippen molar-refractivity contribution in [3.05, 3.63) is 29.8 Å². The van der Waals surface area contributed by atoms with Gasteiger partial charge in [-0.15, -0.1) is 0 Å². The highest BCUT2D eigenvalue weighted by Gasteiger charge is 2.28. The molecule has 1 fully saturated rings. The number of ketones is 1. The van der Waals surface area contributed by atoms with E-state index in [4.69, 9.17) is 5.26 Å². The number of carbonyl (C=O) groups excluding carboxylic acids is 1.